The van der Waals surface area contributed by atoms with Crippen molar-refractivity contribution in [3.8, 4) is 0 Å². The Morgan fingerprint density at radius 3 is 2.80 bits per heavy atom. The number of hydrogen-bond acceptors (Lipinski definition) is 4. The fraction of sp³-hybridized carbons (Fsp3) is 0.353. The van der Waals surface area contributed by atoms with Crippen molar-refractivity contribution in [2.45, 2.75) is 31.0 Å². The number of nitrogens with one attached hydrogen (secondary N) is 1. The van der Waals surface area contributed by atoms with Gasteiger partial charge in [-0.2, -0.15) is 4.39 Å². The van der Waals surface area contributed by atoms with E-state index < -0.39 is 11.9 Å². The summed E-state index contributed by atoms with van der Waals surface area (Å²) in [5, 5.41) is 3.25. The van der Waals surface area contributed by atoms with Gasteiger partial charge in [0.05, 0.1) is 35.0 Å². The van der Waals surface area contributed by atoms with Crippen LogP contribution in [0.15, 0.2) is 30.6 Å². The minimum absolute atomic E-state index is 0.0884. The number of fused-ring (bicyclic) bond motifs is 2. The number of aromatic nitrogens is 2. The topological polar surface area (TPSA) is 64.1 Å². The highest BCUT2D eigenvalue weighted by atomic mass is 35.5. The van der Waals surface area contributed by atoms with Gasteiger partial charge in [-0.25, -0.2) is 9.97 Å². The van der Waals surface area contributed by atoms with Gasteiger partial charge in [-0.15, -0.1) is 0 Å². The van der Waals surface area contributed by atoms with Crippen LogP contribution in [0.4, 0.5) is 10.1 Å². The highest BCUT2D eigenvalue weighted by Gasteiger charge is 2.52. The van der Waals surface area contributed by atoms with E-state index in [9.17, 15) is 9.18 Å². The molecule has 0 spiro atoms. The van der Waals surface area contributed by atoms with Crippen LogP contribution in [0.25, 0.3) is 0 Å². The van der Waals surface area contributed by atoms with E-state index in [1.807, 2.05) is 0 Å². The summed E-state index contributed by atoms with van der Waals surface area (Å²) in [5.41, 5.74) is 1.19. The van der Waals surface area contributed by atoms with E-state index in [1.54, 1.807) is 12.1 Å². The molecule has 2 aliphatic rings. The molecule has 0 saturated carbocycles. The zero-order valence-electron chi connectivity index (χ0n) is 13.0. The van der Waals surface area contributed by atoms with Crippen LogP contribution < -0.4 is 5.32 Å². The van der Waals surface area contributed by atoms with E-state index >= 15 is 0 Å². The molecule has 0 radical (unpaired) electrons. The van der Waals surface area contributed by atoms with Crippen molar-refractivity contribution in [1.29, 1.82) is 0 Å². The lowest BCUT2D eigenvalue weighted by atomic mass is 9.75. The molecule has 2 saturated heterocycles. The Bertz CT molecular complexity index is 835. The number of pyridine rings is 2. The quantitative estimate of drug-likeness (QED) is 0.820. The van der Waals surface area contributed by atoms with Gasteiger partial charge in [0.2, 0.25) is 11.9 Å². The molecule has 130 valence electrons. The molecule has 2 bridgehead atoms. The maximum Gasteiger partial charge on any atom is 0.230 e. The molecule has 5 nitrogen and oxygen atoms in total. The Morgan fingerprint density at radius 1 is 1.24 bits per heavy atom. The number of hydrogen-bond donors (Lipinski definition) is 1. The van der Waals surface area contributed by atoms with Crippen LogP contribution in [0.5, 0.6) is 0 Å². The van der Waals surface area contributed by atoms with E-state index in [1.165, 1.54) is 18.5 Å². The Hall–Kier alpha value is -1.76. The molecule has 4 heterocycles. The first-order valence-corrected chi connectivity index (χ1v) is 8.67. The molecule has 0 aliphatic carbocycles. The van der Waals surface area contributed by atoms with E-state index in [0.29, 0.717) is 5.69 Å². The lowest BCUT2D eigenvalue weighted by Gasteiger charge is -2.27. The van der Waals surface area contributed by atoms with Crippen molar-refractivity contribution < 1.29 is 13.9 Å². The zero-order valence-corrected chi connectivity index (χ0v) is 14.5. The Morgan fingerprint density at radius 2 is 2.04 bits per heavy atom. The molecule has 2 aromatic rings. The predicted octanol–water partition coefficient (Wildman–Crippen LogP) is 3.82. The maximum atomic E-state index is 13.5. The summed E-state index contributed by atoms with van der Waals surface area (Å²) in [7, 11) is 0. The third kappa shape index (κ3) is 3.10. The molecular formula is C17H14Cl2FN3O2. The van der Waals surface area contributed by atoms with Crippen LogP contribution in [-0.2, 0) is 9.53 Å². The van der Waals surface area contributed by atoms with Gasteiger partial charge >= 0.3 is 0 Å². The summed E-state index contributed by atoms with van der Waals surface area (Å²) in [4.78, 5) is 20.4. The molecule has 2 fully saturated rings. The first-order chi connectivity index (χ1) is 12.0. The molecule has 4 rings (SSSR count). The van der Waals surface area contributed by atoms with E-state index in [4.69, 9.17) is 27.9 Å². The summed E-state index contributed by atoms with van der Waals surface area (Å²) in [6.45, 7) is 0. The SMILES string of the molecule is O=C(Nc1cnc(Cl)c(Cl)c1)[C@H]1[C@H](c2ccnc(F)c2)[C@H]2CC[C@@H]1O2. The molecule has 1 amide bonds. The number of halogens is 3. The van der Waals surface area contributed by atoms with Gasteiger partial charge in [-0.1, -0.05) is 23.2 Å². The van der Waals surface area contributed by atoms with Crippen molar-refractivity contribution in [3.63, 3.8) is 0 Å². The third-order valence-electron chi connectivity index (χ3n) is 4.78. The van der Waals surface area contributed by atoms with E-state index in [0.717, 1.165) is 18.4 Å². The first-order valence-electron chi connectivity index (χ1n) is 7.92. The van der Waals surface area contributed by atoms with Crippen LogP contribution >= 0.6 is 23.2 Å². The molecular weight excluding hydrogens is 368 g/mol. The number of ether oxygens (including phenoxy) is 1. The van der Waals surface area contributed by atoms with Crippen molar-refractivity contribution in [2.24, 2.45) is 5.92 Å². The summed E-state index contributed by atoms with van der Waals surface area (Å²) >= 11 is 11.7. The minimum atomic E-state index is -0.562. The van der Waals surface area contributed by atoms with Crippen molar-refractivity contribution in [1.82, 2.24) is 9.97 Å². The molecule has 1 N–H and O–H groups in total. The number of amides is 1. The second kappa shape index (κ2) is 6.52. The van der Waals surface area contributed by atoms with Crippen LogP contribution in [0.2, 0.25) is 10.2 Å². The summed E-state index contributed by atoms with van der Waals surface area (Å²) in [5.74, 6) is -1.37. The fourth-order valence-electron chi connectivity index (χ4n) is 3.77. The van der Waals surface area contributed by atoms with Gasteiger partial charge in [-0.05, 0) is 36.6 Å². The van der Waals surface area contributed by atoms with Gasteiger partial charge in [0.25, 0.3) is 0 Å². The lowest BCUT2D eigenvalue weighted by Crippen LogP contribution is -2.36. The van der Waals surface area contributed by atoms with E-state index in [2.05, 4.69) is 15.3 Å². The number of rotatable bonds is 3. The van der Waals surface area contributed by atoms with Crippen molar-refractivity contribution >= 4 is 34.8 Å². The smallest absolute Gasteiger partial charge is 0.230 e. The predicted molar refractivity (Wildman–Crippen MR) is 91.2 cm³/mol. The van der Waals surface area contributed by atoms with Crippen molar-refractivity contribution in [3.05, 3.63) is 52.3 Å². The first kappa shape index (κ1) is 16.7. The monoisotopic (exact) mass is 381 g/mol. The fourth-order valence-corrected chi connectivity index (χ4v) is 4.04. The van der Waals surface area contributed by atoms with Crippen LogP contribution in [0.1, 0.15) is 24.3 Å². The third-order valence-corrected chi connectivity index (χ3v) is 5.46. The molecule has 2 aromatic heterocycles. The summed E-state index contributed by atoms with van der Waals surface area (Å²) in [6, 6.07) is 4.65. The van der Waals surface area contributed by atoms with Crippen LogP contribution in [0.3, 0.4) is 0 Å². The second-order valence-corrected chi connectivity index (χ2v) is 7.00. The number of nitrogens with zero attached hydrogens (tertiary/aromatic N) is 2. The van der Waals surface area contributed by atoms with Crippen LogP contribution in [0, 0.1) is 11.9 Å². The molecule has 8 heteroatoms. The maximum absolute atomic E-state index is 13.5. The minimum Gasteiger partial charge on any atom is -0.373 e. The van der Waals surface area contributed by atoms with Gasteiger partial charge in [0, 0.05) is 12.1 Å². The molecule has 25 heavy (non-hydrogen) atoms. The highest BCUT2D eigenvalue weighted by Crippen LogP contribution is 2.49. The lowest BCUT2D eigenvalue weighted by molar-refractivity contribution is -0.121. The standard InChI is InChI=1S/C17H14Cl2FN3O2/c18-10-6-9(7-22-16(10)19)23-17(24)15-12-2-1-11(25-12)14(15)8-3-4-21-13(20)5-8/h3-7,11-12,14-15H,1-2H2,(H,23,24)/t11-,12+,14-,15-/m1/s1. The highest BCUT2D eigenvalue weighted by molar-refractivity contribution is 6.41. The Labute approximate surface area is 153 Å². The average Bonchev–Trinajstić information content (AvgIpc) is 3.19. The Balaban J connectivity index is 1.60. The normalized spacial score (nSPS) is 27.5. The number of carbonyl (C=O) groups is 1. The summed E-state index contributed by atoms with van der Waals surface area (Å²) < 4.78 is 19.5. The number of carbonyl (C=O) groups excluding carboxylic acids is 1. The summed E-state index contributed by atoms with van der Waals surface area (Å²) in [6.07, 6.45) is 4.26. The largest absolute Gasteiger partial charge is 0.373 e. The molecule has 0 aromatic carbocycles. The van der Waals surface area contributed by atoms with Gasteiger partial charge < -0.3 is 10.1 Å². The van der Waals surface area contributed by atoms with Gasteiger partial charge in [0.1, 0.15) is 5.15 Å². The van der Waals surface area contributed by atoms with Crippen LogP contribution in [-0.4, -0.2) is 28.1 Å². The Kier molecular flexibility index (Phi) is 4.35. The number of anilines is 1. The molecule has 0 unspecified atom stereocenters. The van der Waals surface area contributed by atoms with Crippen molar-refractivity contribution in [2.75, 3.05) is 5.32 Å². The average molecular weight is 382 g/mol. The molecule has 2 aliphatic heterocycles. The molecule has 4 atom stereocenters. The zero-order chi connectivity index (χ0) is 17.6. The van der Waals surface area contributed by atoms with Gasteiger partial charge in [-0.3, -0.25) is 4.79 Å². The second-order valence-electron chi connectivity index (χ2n) is 6.24. The van der Waals surface area contributed by atoms with Gasteiger partial charge in [0.15, 0.2) is 0 Å². The van der Waals surface area contributed by atoms with E-state index in [-0.39, 0.29) is 34.2 Å².